The minimum Gasteiger partial charge on any atom is -0.382 e. The molecular formula is C25H32N8O3S. The Hall–Kier alpha value is -3.24. The molecule has 11 nitrogen and oxygen atoms in total. The largest absolute Gasteiger partial charge is 0.382 e. The van der Waals surface area contributed by atoms with Crippen molar-refractivity contribution >= 4 is 10.0 Å². The lowest BCUT2D eigenvalue weighted by Gasteiger charge is -2.32. The number of hydrogen-bond acceptors (Lipinski definition) is 10. The van der Waals surface area contributed by atoms with Gasteiger partial charge in [0.15, 0.2) is 11.5 Å². The molecule has 37 heavy (non-hydrogen) atoms. The normalized spacial score (nSPS) is 22.5. The predicted molar refractivity (Wildman–Crippen MR) is 139 cm³/mol. The molecule has 2 fully saturated rings. The monoisotopic (exact) mass is 524 g/mol. The third kappa shape index (κ3) is 5.70. The van der Waals surface area contributed by atoms with Crippen LogP contribution in [-0.2, 0) is 20.4 Å². The quantitative estimate of drug-likeness (QED) is 0.439. The second kappa shape index (κ2) is 10.3. The number of aromatic nitrogens is 4. The summed E-state index contributed by atoms with van der Waals surface area (Å²) in [6.07, 6.45) is 9.52. The standard InChI is InChI=1S/C25H32N8O3S/c1-18(2)30-22-14-25(26,28-15-19(22)4-3-9-32-10-12-36-13-11-32)23-7-8-27-24(31-23)20-16-29-33(17-20)37(34,35)21-5-6-21/h7-8,14-18,21,28,30H,5-6,9-13,26H2,1-2H3. The summed E-state index contributed by atoms with van der Waals surface area (Å²) in [5.74, 6) is 6.86. The zero-order valence-electron chi connectivity index (χ0n) is 21.0. The average Bonchev–Trinajstić information content (AvgIpc) is 3.63. The van der Waals surface area contributed by atoms with E-state index in [4.69, 9.17) is 10.5 Å². The van der Waals surface area contributed by atoms with Crippen molar-refractivity contribution in [2.45, 2.75) is 43.6 Å². The van der Waals surface area contributed by atoms with Crippen LogP contribution in [0.5, 0.6) is 0 Å². The zero-order valence-corrected chi connectivity index (χ0v) is 21.8. The van der Waals surface area contributed by atoms with Crippen LogP contribution in [0.15, 0.2) is 48.2 Å². The number of morpholine rings is 1. The first kappa shape index (κ1) is 25.4. The second-order valence-electron chi connectivity index (χ2n) is 9.73. The minimum absolute atomic E-state index is 0.165. The molecule has 0 bridgehead atoms. The molecule has 2 aliphatic heterocycles. The predicted octanol–water partition coefficient (Wildman–Crippen LogP) is 0.497. The number of ether oxygens (including phenoxy) is 1. The van der Waals surface area contributed by atoms with Crippen molar-refractivity contribution in [1.29, 1.82) is 0 Å². The Labute approximate surface area is 217 Å². The molecule has 1 unspecified atom stereocenters. The molecule has 2 aromatic heterocycles. The first-order valence-electron chi connectivity index (χ1n) is 12.4. The van der Waals surface area contributed by atoms with Crippen molar-refractivity contribution in [2.75, 3.05) is 32.8 Å². The number of nitrogens with one attached hydrogen (secondary N) is 2. The highest BCUT2D eigenvalue weighted by Crippen LogP contribution is 2.30. The Bertz CT molecular complexity index is 1380. The van der Waals surface area contributed by atoms with Gasteiger partial charge in [-0.15, -0.1) is 0 Å². The summed E-state index contributed by atoms with van der Waals surface area (Å²) in [6.45, 7) is 8.01. The molecule has 196 valence electrons. The number of nitrogens with zero attached hydrogens (tertiary/aromatic N) is 5. The van der Waals surface area contributed by atoms with Crippen molar-refractivity contribution in [3.05, 3.63) is 53.9 Å². The van der Waals surface area contributed by atoms with Crippen molar-refractivity contribution in [1.82, 2.24) is 34.7 Å². The molecule has 4 heterocycles. The number of allylic oxidation sites excluding steroid dienone is 1. The summed E-state index contributed by atoms with van der Waals surface area (Å²) >= 11 is 0. The van der Waals surface area contributed by atoms with Gasteiger partial charge >= 0.3 is 0 Å². The van der Waals surface area contributed by atoms with Crippen molar-refractivity contribution in [3.8, 4) is 23.2 Å². The SMILES string of the molecule is CC(C)NC1=CC(N)(c2ccnc(-c3cnn(S(=O)(=O)C4CC4)c3)n2)NC=C1C#CCN1CCOCC1. The fraction of sp³-hybridized carbons (Fsp3) is 0.480. The maximum Gasteiger partial charge on any atom is 0.256 e. The van der Waals surface area contributed by atoms with Gasteiger partial charge in [0.2, 0.25) is 0 Å². The lowest BCUT2D eigenvalue weighted by Crippen LogP contribution is -2.50. The third-order valence-electron chi connectivity index (χ3n) is 6.30. The summed E-state index contributed by atoms with van der Waals surface area (Å²) in [7, 11) is -3.47. The summed E-state index contributed by atoms with van der Waals surface area (Å²) in [5, 5.41) is 10.4. The van der Waals surface area contributed by atoms with Gasteiger partial charge in [-0.05, 0) is 38.8 Å². The Kier molecular flexibility index (Phi) is 7.04. The van der Waals surface area contributed by atoms with E-state index in [0.717, 1.165) is 41.7 Å². The molecule has 4 N–H and O–H groups in total. The van der Waals surface area contributed by atoms with Crippen LogP contribution in [0.25, 0.3) is 11.4 Å². The molecule has 1 aliphatic carbocycles. The van der Waals surface area contributed by atoms with E-state index in [-0.39, 0.29) is 11.3 Å². The van der Waals surface area contributed by atoms with E-state index in [0.29, 0.717) is 36.5 Å². The van der Waals surface area contributed by atoms with Gasteiger partial charge < -0.3 is 21.1 Å². The Balaban J connectivity index is 1.38. The van der Waals surface area contributed by atoms with Crippen LogP contribution in [0.3, 0.4) is 0 Å². The van der Waals surface area contributed by atoms with Gasteiger partial charge in [-0.3, -0.25) is 4.90 Å². The molecule has 0 radical (unpaired) electrons. The maximum atomic E-state index is 12.5. The fourth-order valence-electron chi connectivity index (χ4n) is 4.11. The Morgan fingerprint density at radius 3 is 2.84 bits per heavy atom. The molecule has 2 aromatic rings. The van der Waals surface area contributed by atoms with E-state index < -0.39 is 15.7 Å². The third-order valence-corrected chi connectivity index (χ3v) is 8.33. The molecule has 1 saturated heterocycles. The van der Waals surface area contributed by atoms with Crippen LogP contribution in [0.2, 0.25) is 0 Å². The van der Waals surface area contributed by atoms with Gasteiger partial charge in [-0.2, -0.15) is 9.19 Å². The van der Waals surface area contributed by atoms with Crippen molar-refractivity contribution in [2.24, 2.45) is 5.73 Å². The van der Waals surface area contributed by atoms with Gasteiger partial charge in [0, 0.05) is 31.5 Å². The fourth-order valence-corrected chi connectivity index (χ4v) is 5.59. The minimum atomic E-state index is -3.47. The van der Waals surface area contributed by atoms with Gasteiger partial charge in [-0.1, -0.05) is 11.8 Å². The van der Waals surface area contributed by atoms with Gasteiger partial charge in [0.1, 0.15) is 0 Å². The van der Waals surface area contributed by atoms with Gasteiger partial charge in [0.25, 0.3) is 10.0 Å². The first-order chi connectivity index (χ1) is 17.7. The zero-order chi connectivity index (χ0) is 26.0. The van der Waals surface area contributed by atoms with E-state index >= 15 is 0 Å². The molecule has 0 spiro atoms. The molecular weight excluding hydrogens is 492 g/mol. The summed E-state index contributed by atoms with van der Waals surface area (Å²) < 4.78 is 31.4. The molecule has 12 heteroatoms. The number of dihydropyridines is 1. The summed E-state index contributed by atoms with van der Waals surface area (Å²) in [6, 6.07) is 1.90. The number of hydrogen-bond donors (Lipinski definition) is 3. The topological polar surface area (TPSA) is 140 Å². The number of nitrogens with two attached hydrogens (primary N) is 1. The van der Waals surface area contributed by atoms with E-state index in [2.05, 4.69) is 56.3 Å². The summed E-state index contributed by atoms with van der Waals surface area (Å²) in [5.41, 5.74) is 8.30. The van der Waals surface area contributed by atoms with Crippen LogP contribution in [0.1, 0.15) is 32.4 Å². The highest BCUT2D eigenvalue weighted by molar-refractivity contribution is 7.90. The van der Waals surface area contributed by atoms with Crippen molar-refractivity contribution in [3.63, 3.8) is 0 Å². The Morgan fingerprint density at radius 1 is 1.32 bits per heavy atom. The van der Waals surface area contributed by atoms with E-state index in [1.807, 2.05) is 6.08 Å². The van der Waals surface area contributed by atoms with Crippen molar-refractivity contribution < 1.29 is 13.2 Å². The van der Waals surface area contributed by atoms with Gasteiger partial charge in [-0.25, -0.2) is 18.4 Å². The van der Waals surface area contributed by atoms with Crippen LogP contribution < -0.4 is 16.4 Å². The summed E-state index contributed by atoms with van der Waals surface area (Å²) in [4.78, 5) is 11.2. The first-order valence-corrected chi connectivity index (χ1v) is 13.9. The van der Waals surface area contributed by atoms with Crippen LogP contribution >= 0.6 is 0 Å². The second-order valence-corrected chi connectivity index (χ2v) is 11.8. The lowest BCUT2D eigenvalue weighted by molar-refractivity contribution is 0.0443. The highest BCUT2D eigenvalue weighted by Gasteiger charge is 2.38. The van der Waals surface area contributed by atoms with Crippen LogP contribution in [0, 0.1) is 11.8 Å². The van der Waals surface area contributed by atoms with Crippen LogP contribution in [-0.4, -0.2) is 76.6 Å². The molecule has 3 aliphatic rings. The average molecular weight is 525 g/mol. The molecule has 5 rings (SSSR count). The highest BCUT2D eigenvalue weighted by atomic mass is 32.2. The van der Waals surface area contributed by atoms with Gasteiger partial charge in [0.05, 0.1) is 59.9 Å². The Morgan fingerprint density at radius 2 is 2.11 bits per heavy atom. The smallest absolute Gasteiger partial charge is 0.256 e. The molecule has 0 aromatic carbocycles. The number of rotatable bonds is 7. The molecule has 1 saturated carbocycles. The molecule has 1 atom stereocenters. The molecule has 0 amide bonds. The van der Waals surface area contributed by atoms with Crippen LogP contribution in [0.4, 0.5) is 0 Å². The van der Waals surface area contributed by atoms with E-state index in [1.165, 1.54) is 12.4 Å². The van der Waals surface area contributed by atoms with E-state index in [9.17, 15) is 8.42 Å². The maximum absolute atomic E-state index is 12.5. The van der Waals surface area contributed by atoms with E-state index in [1.54, 1.807) is 18.5 Å². The lowest BCUT2D eigenvalue weighted by atomic mass is 9.98.